The number of nitrogens with zero attached hydrogens (tertiary/aromatic N) is 1. The van der Waals surface area contributed by atoms with Gasteiger partial charge in [0, 0.05) is 12.2 Å². The molecule has 0 saturated heterocycles. The van der Waals surface area contributed by atoms with Crippen LogP contribution in [0.25, 0.3) is 0 Å². The van der Waals surface area contributed by atoms with Crippen molar-refractivity contribution in [3.8, 4) is 17.2 Å². The van der Waals surface area contributed by atoms with Gasteiger partial charge in [-0.2, -0.15) is 0 Å². The third-order valence-electron chi connectivity index (χ3n) is 6.17. The van der Waals surface area contributed by atoms with E-state index < -0.39 is 0 Å². The van der Waals surface area contributed by atoms with E-state index >= 15 is 0 Å². The average Bonchev–Trinajstić information content (AvgIpc) is 2.88. The van der Waals surface area contributed by atoms with Crippen molar-refractivity contribution < 1.29 is 14.2 Å². The summed E-state index contributed by atoms with van der Waals surface area (Å²) in [7, 11) is 3.29. The molecule has 1 aliphatic heterocycles. The number of nitrogens with one attached hydrogen (secondary N) is 1. The minimum Gasteiger partial charge on any atom is -0.493 e. The van der Waals surface area contributed by atoms with Gasteiger partial charge in [0.1, 0.15) is 12.4 Å². The predicted octanol–water partition coefficient (Wildman–Crippen LogP) is 6.95. The van der Waals surface area contributed by atoms with Crippen molar-refractivity contribution in [3.05, 3.63) is 81.3 Å². The quantitative estimate of drug-likeness (QED) is 0.333. The Kier molecular flexibility index (Phi) is 8.26. The van der Waals surface area contributed by atoms with Crippen LogP contribution < -0.4 is 19.5 Å². The average molecular weight is 532 g/mol. The Hall–Kier alpha value is -2.67. The number of methoxy groups -OCH3 is 2. The molecule has 0 fully saturated rings. The molecule has 184 valence electrons. The molecule has 1 unspecified atom stereocenters. The first-order valence-electron chi connectivity index (χ1n) is 11.4. The third-order valence-corrected chi connectivity index (χ3v) is 7.25. The van der Waals surface area contributed by atoms with Crippen molar-refractivity contribution >= 4 is 46.2 Å². The molecule has 1 atom stereocenters. The largest absolute Gasteiger partial charge is 0.493 e. The van der Waals surface area contributed by atoms with Crippen molar-refractivity contribution in [1.82, 2.24) is 4.90 Å². The van der Waals surface area contributed by atoms with Gasteiger partial charge in [0.2, 0.25) is 0 Å². The van der Waals surface area contributed by atoms with Gasteiger partial charge in [-0.3, -0.25) is 0 Å². The van der Waals surface area contributed by atoms with Crippen LogP contribution in [-0.4, -0.2) is 37.4 Å². The summed E-state index contributed by atoms with van der Waals surface area (Å²) in [5.41, 5.74) is 4.33. The summed E-state index contributed by atoms with van der Waals surface area (Å²) in [6.45, 7) is 3.27. The first-order chi connectivity index (χ1) is 16.9. The van der Waals surface area contributed by atoms with Gasteiger partial charge >= 0.3 is 0 Å². The van der Waals surface area contributed by atoms with Gasteiger partial charge in [-0.15, -0.1) is 0 Å². The molecule has 35 heavy (non-hydrogen) atoms. The molecule has 1 aliphatic rings. The van der Waals surface area contributed by atoms with Crippen LogP contribution >= 0.6 is 35.4 Å². The predicted molar refractivity (Wildman–Crippen MR) is 147 cm³/mol. The van der Waals surface area contributed by atoms with Gasteiger partial charge < -0.3 is 24.4 Å². The molecule has 0 saturated carbocycles. The van der Waals surface area contributed by atoms with Crippen molar-refractivity contribution in [3.63, 3.8) is 0 Å². The van der Waals surface area contributed by atoms with E-state index in [-0.39, 0.29) is 6.04 Å². The molecule has 1 N–H and O–H groups in total. The third kappa shape index (κ3) is 5.77. The number of aryl methyl sites for hydroxylation is 1. The van der Waals surface area contributed by atoms with Gasteiger partial charge in [0.05, 0.1) is 30.3 Å². The van der Waals surface area contributed by atoms with Crippen LogP contribution in [-0.2, 0) is 12.8 Å². The lowest BCUT2D eigenvalue weighted by atomic mass is 9.92. The minimum atomic E-state index is -0.132. The van der Waals surface area contributed by atoms with Crippen LogP contribution in [0.2, 0.25) is 10.0 Å². The molecule has 1 heterocycles. The summed E-state index contributed by atoms with van der Waals surface area (Å²) < 4.78 is 17.4. The highest BCUT2D eigenvalue weighted by molar-refractivity contribution is 7.80. The zero-order valence-electron chi connectivity index (χ0n) is 19.9. The molecular weight excluding hydrogens is 503 g/mol. The highest BCUT2D eigenvalue weighted by Gasteiger charge is 2.31. The molecule has 5 nitrogen and oxygen atoms in total. The van der Waals surface area contributed by atoms with Crippen LogP contribution in [0.15, 0.2) is 54.6 Å². The van der Waals surface area contributed by atoms with Gasteiger partial charge in [0.25, 0.3) is 0 Å². The highest BCUT2D eigenvalue weighted by atomic mass is 35.5. The molecule has 0 aromatic heterocycles. The normalized spacial score (nSPS) is 14.8. The summed E-state index contributed by atoms with van der Waals surface area (Å²) in [5, 5.41) is 4.85. The Morgan fingerprint density at radius 2 is 1.71 bits per heavy atom. The first kappa shape index (κ1) is 25.4. The molecule has 4 rings (SSSR count). The first-order valence-corrected chi connectivity index (χ1v) is 12.6. The SMILES string of the molecule is CCc1ccc(OCC2c3cc(OC)c(OC)cc3CCN2C(=S)Nc2ccc(Cl)c(Cl)c2)cc1. The molecule has 8 heteroatoms. The summed E-state index contributed by atoms with van der Waals surface area (Å²) in [6, 6.07) is 17.5. The number of anilines is 1. The molecule has 0 spiro atoms. The van der Waals surface area contributed by atoms with E-state index in [2.05, 4.69) is 29.3 Å². The van der Waals surface area contributed by atoms with Crippen LogP contribution in [0, 0.1) is 0 Å². The fourth-order valence-corrected chi connectivity index (χ4v) is 4.85. The molecule has 0 bridgehead atoms. The Balaban J connectivity index is 1.63. The second kappa shape index (κ2) is 11.4. The van der Waals surface area contributed by atoms with E-state index in [0.717, 1.165) is 36.4 Å². The van der Waals surface area contributed by atoms with E-state index in [1.165, 1.54) is 11.1 Å². The van der Waals surface area contributed by atoms with Crippen molar-refractivity contribution in [2.45, 2.75) is 25.8 Å². The molecule has 0 aliphatic carbocycles. The Morgan fingerprint density at radius 3 is 2.37 bits per heavy atom. The van der Waals surface area contributed by atoms with E-state index in [1.54, 1.807) is 26.4 Å². The van der Waals surface area contributed by atoms with Crippen LogP contribution in [0.1, 0.15) is 29.7 Å². The summed E-state index contributed by atoms with van der Waals surface area (Å²) >= 11 is 18.1. The molecule has 3 aromatic rings. The van der Waals surface area contributed by atoms with Crippen molar-refractivity contribution in [1.29, 1.82) is 0 Å². The summed E-state index contributed by atoms with van der Waals surface area (Å²) in [5.74, 6) is 2.21. The van der Waals surface area contributed by atoms with Crippen LogP contribution in [0.4, 0.5) is 5.69 Å². The van der Waals surface area contributed by atoms with E-state index in [0.29, 0.717) is 33.3 Å². The molecular formula is C27H28Cl2N2O3S. The second-order valence-electron chi connectivity index (χ2n) is 8.23. The molecule has 0 amide bonds. The Bertz CT molecular complexity index is 1200. The number of rotatable bonds is 7. The number of fused-ring (bicyclic) bond motifs is 1. The highest BCUT2D eigenvalue weighted by Crippen LogP contribution is 2.39. The monoisotopic (exact) mass is 530 g/mol. The van der Waals surface area contributed by atoms with E-state index in [9.17, 15) is 0 Å². The number of hydrogen-bond acceptors (Lipinski definition) is 4. The van der Waals surface area contributed by atoms with Gasteiger partial charge in [0.15, 0.2) is 16.6 Å². The maximum Gasteiger partial charge on any atom is 0.174 e. The topological polar surface area (TPSA) is 43.0 Å². The van der Waals surface area contributed by atoms with Crippen LogP contribution in [0.3, 0.4) is 0 Å². The maximum absolute atomic E-state index is 6.26. The standard InChI is InChI=1S/C27H28Cl2N2O3S/c1-4-17-5-8-20(9-6-17)34-16-24-21-15-26(33-3)25(32-2)13-18(21)11-12-31(24)27(35)30-19-7-10-22(28)23(29)14-19/h5-10,13-15,24H,4,11-12,16H2,1-3H3,(H,30,35). The lowest BCUT2D eigenvalue weighted by molar-refractivity contribution is 0.190. The summed E-state index contributed by atoms with van der Waals surface area (Å²) in [4.78, 5) is 2.15. The number of thiocarbonyl (C=S) groups is 1. The minimum absolute atomic E-state index is 0.132. The van der Waals surface area contributed by atoms with Gasteiger partial charge in [-0.1, -0.05) is 42.3 Å². The van der Waals surface area contributed by atoms with Crippen LogP contribution in [0.5, 0.6) is 17.2 Å². The van der Waals surface area contributed by atoms with E-state index in [1.807, 2.05) is 30.3 Å². The number of ether oxygens (including phenoxy) is 3. The number of halogens is 2. The van der Waals surface area contributed by atoms with E-state index in [4.69, 9.17) is 49.6 Å². The maximum atomic E-state index is 6.26. The fraction of sp³-hybridized carbons (Fsp3) is 0.296. The Labute approximate surface area is 221 Å². The lowest BCUT2D eigenvalue weighted by Gasteiger charge is -2.39. The lowest BCUT2D eigenvalue weighted by Crippen LogP contribution is -2.44. The Morgan fingerprint density at radius 1 is 1.00 bits per heavy atom. The molecule has 3 aromatic carbocycles. The summed E-state index contributed by atoms with van der Waals surface area (Å²) in [6.07, 6.45) is 1.79. The number of benzene rings is 3. The fourth-order valence-electron chi connectivity index (χ4n) is 4.22. The second-order valence-corrected chi connectivity index (χ2v) is 9.43. The zero-order valence-corrected chi connectivity index (χ0v) is 22.3. The molecule has 0 radical (unpaired) electrons. The van der Waals surface area contributed by atoms with Gasteiger partial charge in [-0.05, 0) is 84.2 Å². The van der Waals surface area contributed by atoms with Crippen molar-refractivity contribution in [2.24, 2.45) is 0 Å². The van der Waals surface area contributed by atoms with Crippen molar-refractivity contribution in [2.75, 3.05) is 32.7 Å². The number of hydrogen-bond donors (Lipinski definition) is 1. The smallest absolute Gasteiger partial charge is 0.174 e. The van der Waals surface area contributed by atoms with Gasteiger partial charge in [-0.25, -0.2) is 0 Å². The zero-order chi connectivity index (χ0) is 24.9.